The van der Waals surface area contributed by atoms with Crippen LogP contribution in [-0.4, -0.2) is 29.7 Å². The molecule has 3 heterocycles. The van der Waals surface area contributed by atoms with Crippen LogP contribution in [0, 0.1) is 17.0 Å². The summed E-state index contributed by atoms with van der Waals surface area (Å²) < 4.78 is 7.09. The topological polar surface area (TPSA) is 138 Å². The average Bonchev–Trinajstić information content (AvgIpc) is 3.19. The van der Waals surface area contributed by atoms with Gasteiger partial charge >= 0.3 is 0 Å². The number of rotatable bonds is 3. The fourth-order valence-corrected chi connectivity index (χ4v) is 2.64. The van der Waals surface area contributed by atoms with Crippen molar-refractivity contribution in [1.82, 2.24) is 24.8 Å². The number of nitrogens with two attached hydrogens (primary N) is 1. The van der Waals surface area contributed by atoms with Gasteiger partial charge < -0.3 is 10.2 Å². The maximum absolute atomic E-state index is 10.9. The third-order valence-corrected chi connectivity index (χ3v) is 3.73. The second-order valence-electron chi connectivity index (χ2n) is 5.29. The lowest BCUT2D eigenvalue weighted by molar-refractivity contribution is -0.384. The van der Waals surface area contributed by atoms with Crippen molar-refractivity contribution in [3.63, 3.8) is 0 Å². The van der Waals surface area contributed by atoms with Gasteiger partial charge in [0.15, 0.2) is 5.82 Å². The Balaban J connectivity index is 2.01. The van der Waals surface area contributed by atoms with Crippen molar-refractivity contribution in [1.29, 1.82) is 0 Å². The summed E-state index contributed by atoms with van der Waals surface area (Å²) in [5, 5.41) is 22.9. The van der Waals surface area contributed by atoms with Crippen LogP contribution in [0.25, 0.3) is 28.1 Å². The maximum atomic E-state index is 10.9. The molecule has 4 aromatic rings. The molecule has 0 amide bonds. The summed E-state index contributed by atoms with van der Waals surface area (Å²) in [7, 11) is 0. The number of nitrogen functional groups attached to an aromatic ring is 1. The zero-order valence-corrected chi connectivity index (χ0v) is 12.9. The fourth-order valence-electron chi connectivity index (χ4n) is 2.64. The van der Waals surface area contributed by atoms with Gasteiger partial charge in [-0.25, -0.2) is 9.50 Å². The van der Waals surface area contributed by atoms with Crippen LogP contribution >= 0.6 is 0 Å². The SMILES string of the molecule is Cc1nnc(-c2cn3ncnc(N)c3c2-c2ccc([N+](=O)[O-])cc2)o1. The molecule has 2 N–H and O–H groups in total. The molecular formula is C15H11N7O3. The molecule has 0 aliphatic rings. The second-order valence-corrected chi connectivity index (χ2v) is 5.29. The van der Waals surface area contributed by atoms with Crippen LogP contribution in [-0.2, 0) is 0 Å². The molecule has 0 bridgehead atoms. The number of hydrogen-bond acceptors (Lipinski definition) is 8. The van der Waals surface area contributed by atoms with Crippen molar-refractivity contribution in [2.24, 2.45) is 0 Å². The van der Waals surface area contributed by atoms with E-state index in [2.05, 4.69) is 20.3 Å². The molecule has 0 saturated carbocycles. The van der Waals surface area contributed by atoms with Crippen molar-refractivity contribution in [2.45, 2.75) is 6.92 Å². The average molecular weight is 337 g/mol. The van der Waals surface area contributed by atoms with Crippen LogP contribution in [0.1, 0.15) is 5.89 Å². The van der Waals surface area contributed by atoms with E-state index in [1.165, 1.54) is 18.5 Å². The summed E-state index contributed by atoms with van der Waals surface area (Å²) >= 11 is 0. The predicted octanol–water partition coefficient (Wildman–Crippen LogP) is 2.25. The smallest absolute Gasteiger partial charge is 0.269 e. The summed E-state index contributed by atoms with van der Waals surface area (Å²) in [6.07, 6.45) is 3.04. The lowest BCUT2D eigenvalue weighted by Gasteiger charge is -2.04. The Morgan fingerprint density at radius 2 is 2.00 bits per heavy atom. The van der Waals surface area contributed by atoms with E-state index in [1.807, 2.05) is 0 Å². The van der Waals surface area contributed by atoms with Gasteiger partial charge in [0.05, 0.1) is 10.5 Å². The monoisotopic (exact) mass is 337 g/mol. The minimum absolute atomic E-state index is 0.00771. The van der Waals surface area contributed by atoms with E-state index in [-0.39, 0.29) is 11.5 Å². The second kappa shape index (κ2) is 5.37. The molecule has 10 nitrogen and oxygen atoms in total. The van der Waals surface area contributed by atoms with Gasteiger partial charge in [-0.05, 0) is 17.7 Å². The first-order valence-corrected chi connectivity index (χ1v) is 7.21. The number of anilines is 1. The molecule has 0 spiro atoms. The van der Waals surface area contributed by atoms with Crippen LogP contribution < -0.4 is 5.73 Å². The van der Waals surface area contributed by atoms with Crippen molar-refractivity contribution in [2.75, 3.05) is 5.73 Å². The normalized spacial score (nSPS) is 11.1. The van der Waals surface area contributed by atoms with Gasteiger partial charge in [-0.1, -0.05) is 0 Å². The number of nitro groups is 1. The highest BCUT2D eigenvalue weighted by atomic mass is 16.6. The summed E-state index contributed by atoms with van der Waals surface area (Å²) in [5.41, 5.74) is 8.54. The molecule has 25 heavy (non-hydrogen) atoms. The zero-order valence-electron chi connectivity index (χ0n) is 12.9. The van der Waals surface area contributed by atoms with Crippen LogP contribution in [0.3, 0.4) is 0 Å². The molecule has 1 aromatic carbocycles. The van der Waals surface area contributed by atoms with E-state index in [4.69, 9.17) is 10.2 Å². The highest BCUT2D eigenvalue weighted by Gasteiger charge is 2.21. The quantitative estimate of drug-likeness (QED) is 0.443. The van der Waals surface area contributed by atoms with Gasteiger partial charge in [0.2, 0.25) is 11.8 Å². The summed E-state index contributed by atoms with van der Waals surface area (Å²) in [6.45, 7) is 1.69. The highest BCUT2D eigenvalue weighted by Crippen LogP contribution is 2.38. The number of nitrogens with zero attached hydrogens (tertiary/aromatic N) is 6. The molecule has 0 unspecified atom stereocenters. The van der Waals surface area contributed by atoms with Crippen LogP contribution in [0.5, 0.6) is 0 Å². The van der Waals surface area contributed by atoms with Crippen molar-refractivity contribution < 1.29 is 9.34 Å². The van der Waals surface area contributed by atoms with E-state index in [0.717, 1.165) is 0 Å². The van der Waals surface area contributed by atoms with Gasteiger partial charge in [0, 0.05) is 30.8 Å². The summed E-state index contributed by atoms with van der Waals surface area (Å²) in [4.78, 5) is 14.5. The van der Waals surface area contributed by atoms with E-state index in [9.17, 15) is 10.1 Å². The number of nitro benzene ring substituents is 1. The van der Waals surface area contributed by atoms with Gasteiger partial charge in [-0.3, -0.25) is 10.1 Å². The number of benzene rings is 1. The minimum atomic E-state index is -0.457. The Labute approximate surface area is 140 Å². The largest absolute Gasteiger partial charge is 0.421 e. The number of fused-ring (bicyclic) bond motifs is 1. The first-order chi connectivity index (χ1) is 12.0. The Kier molecular flexibility index (Phi) is 3.17. The van der Waals surface area contributed by atoms with Gasteiger partial charge in [-0.15, -0.1) is 10.2 Å². The van der Waals surface area contributed by atoms with E-state index < -0.39 is 4.92 Å². The Hall–Kier alpha value is -3.82. The molecule has 0 radical (unpaired) electrons. The zero-order chi connectivity index (χ0) is 17.6. The molecule has 10 heteroatoms. The molecule has 124 valence electrons. The number of aromatic nitrogens is 5. The fraction of sp³-hybridized carbons (Fsp3) is 0.0667. The number of aryl methyl sites for hydroxylation is 1. The molecule has 0 atom stereocenters. The van der Waals surface area contributed by atoms with E-state index in [0.29, 0.717) is 34.0 Å². The minimum Gasteiger partial charge on any atom is -0.421 e. The molecule has 0 aliphatic carbocycles. The summed E-state index contributed by atoms with van der Waals surface area (Å²) in [5.74, 6) is 0.987. The highest BCUT2D eigenvalue weighted by molar-refractivity contribution is 5.96. The molecule has 3 aromatic heterocycles. The number of non-ortho nitro benzene ring substituents is 1. The third kappa shape index (κ3) is 2.36. The van der Waals surface area contributed by atoms with Crippen molar-refractivity contribution in [3.8, 4) is 22.6 Å². The first kappa shape index (κ1) is 14.8. The molecule has 0 saturated heterocycles. The van der Waals surface area contributed by atoms with Crippen LogP contribution in [0.15, 0.2) is 41.2 Å². The molecule has 0 aliphatic heterocycles. The lowest BCUT2D eigenvalue weighted by atomic mass is 10.0. The molecule has 4 rings (SSSR count). The Bertz CT molecular complexity index is 1100. The van der Waals surface area contributed by atoms with E-state index >= 15 is 0 Å². The molecular weight excluding hydrogens is 326 g/mol. The lowest BCUT2D eigenvalue weighted by Crippen LogP contribution is -1.98. The Morgan fingerprint density at radius 3 is 2.64 bits per heavy atom. The predicted molar refractivity (Wildman–Crippen MR) is 87.5 cm³/mol. The van der Waals surface area contributed by atoms with E-state index in [1.54, 1.807) is 29.8 Å². The van der Waals surface area contributed by atoms with Crippen molar-refractivity contribution >= 4 is 17.0 Å². The third-order valence-electron chi connectivity index (χ3n) is 3.73. The Morgan fingerprint density at radius 1 is 1.24 bits per heavy atom. The van der Waals surface area contributed by atoms with Crippen molar-refractivity contribution in [3.05, 3.63) is 52.8 Å². The summed E-state index contributed by atoms with van der Waals surface area (Å²) in [6, 6.07) is 6.10. The van der Waals surface area contributed by atoms with Gasteiger partial charge in [0.1, 0.15) is 11.8 Å². The van der Waals surface area contributed by atoms with Gasteiger partial charge in [-0.2, -0.15) is 5.10 Å². The standard InChI is InChI=1S/C15H11N7O3/c1-8-19-20-15(25-8)11-6-21-13(14(16)17-7-18-21)12(11)9-2-4-10(5-3-9)22(23)24/h2-7H,1H3,(H2,16,17,18). The molecule has 0 fully saturated rings. The van der Waals surface area contributed by atoms with Crippen LogP contribution in [0.4, 0.5) is 11.5 Å². The number of hydrogen-bond donors (Lipinski definition) is 1. The maximum Gasteiger partial charge on any atom is 0.269 e. The first-order valence-electron chi connectivity index (χ1n) is 7.21. The van der Waals surface area contributed by atoms with Gasteiger partial charge in [0.25, 0.3) is 5.69 Å². The van der Waals surface area contributed by atoms with Crippen LogP contribution in [0.2, 0.25) is 0 Å².